The zero-order valence-corrected chi connectivity index (χ0v) is 13.4. The summed E-state index contributed by atoms with van der Waals surface area (Å²) in [7, 11) is 0. The van der Waals surface area contributed by atoms with Crippen molar-refractivity contribution in [2.45, 2.75) is 84.0 Å². The van der Waals surface area contributed by atoms with Gasteiger partial charge in [-0.1, -0.05) is 46.5 Å². The number of carboxylic acids is 1. The monoisotopic (exact) mass is 299 g/mol. The largest absolute Gasteiger partial charge is 0.480 e. The molecule has 0 heterocycles. The van der Waals surface area contributed by atoms with E-state index in [0.717, 1.165) is 25.7 Å². The maximum absolute atomic E-state index is 12.3. The second kappa shape index (κ2) is 9.03. The molecular weight excluding hydrogens is 270 g/mol. The van der Waals surface area contributed by atoms with E-state index in [1.54, 1.807) is 0 Å². The summed E-state index contributed by atoms with van der Waals surface area (Å²) >= 11 is 0. The van der Waals surface area contributed by atoms with E-state index in [-0.39, 0.29) is 17.9 Å². The van der Waals surface area contributed by atoms with Crippen LogP contribution in [0.5, 0.6) is 0 Å². The first-order chi connectivity index (χ1) is 9.99. The molecule has 1 aliphatic carbocycles. The smallest absolute Gasteiger partial charge is 0.326 e. The molecule has 1 amide bonds. The summed E-state index contributed by atoms with van der Waals surface area (Å²) in [5.74, 6) is -1.38. The summed E-state index contributed by atoms with van der Waals surface area (Å²) in [6, 6.07) is -0.841. The van der Waals surface area contributed by atoms with Gasteiger partial charge >= 0.3 is 5.97 Å². The molecule has 0 aliphatic heterocycles. The number of rotatable bonds is 8. The minimum Gasteiger partial charge on any atom is -0.480 e. The molecule has 21 heavy (non-hydrogen) atoms. The molecule has 0 aromatic heterocycles. The molecule has 1 aliphatic rings. The van der Waals surface area contributed by atoms with Crippen LogP contribution < -0.4 is 5.32 Å². The van der Waals surface area contributed by atoms with Gasteiger partial charge in [0.25, 0.3) is 0 Å². The van der Waals surface area contributed by atoms with E-state index in [0.29, 0.717) is 12.8 Å². The SMILES string of the molecule is CCC(OC1CCCCC1)C(=O)NC(C(=O)O)C(C)CC. The standard InChI is InChI=1S/C16H29NO4/c1-4-11(3)14(16(19)20)17-15(18)13(5-2)21-12-9-7-6-8-10-12/h11-14H,4-10H2,1-3H3,(H,17,18)(H,19,20). The van der Waals surface area contributed by atoms with Crippen LogP contribution in [0.3, 0.4) is 0 Å². The van der Waals surface area contributed by atoms with Gasteiger partial charge < -0.3 is 15.2 Å². The average molecular weight is 299 g/mol. The fourth-order valence-corrected chi connectivity index (χ4v) is 2.71. The Labute approximate surface area is 127 Å². The normalized spacial score (nSPS) is 20.5. The lowest BCUT2D eigenvalue weighted by molar-refractivity contribution is -0.148. The fourth-order valence-electron chi connectivity index (χ4n) is 2.71. The van der Waals surface area contributed by atoms with Crippen LogP contribution in [0, 0.1) is 5.92 Å². The van der Waals surface area contributed by atoms with Crippen molar-refractivity contribution in [3.63, 3.8) is 0 Å². The molecule has 0 aromatic carbocycles. The second-order valence-electron chi connectivity index (χ2n) is 6.00. The summed E-state index contributed by atoms with van der Waals surface area (Å²) < 4.78 is 5.89. The van der Waals surface area contributed by atoms with Gasteiger partial charge in [0.2, 0.25) is 5.91 Å². The van der Waals surface area contributed by atoms with Crippen LogP contribution in [-0.4, -0.2) is 35.2 Å². The predicted octanol–water partition coefficient (Wildman–Crippen LogP) is 2.73. The molecule has 3 atom stereocenters. The minimum absolute atomic E-state index is 0.0985. The van der Waals surface area contributed by atoms with Gasteiger partial charge in [-0.2, -0.15) is 0 Å². The van der Waals surface area contributed by atoms with E-state index in [1.165, 1.54) is 6.42 Å². The number of ether oxygens (including phenoxy) is 1. The summed E-state index contributed by atoms with van der Waals surface area (Å²) in [6.07, 6.45) is 6.39. The van der Waals surface area contributed by atoms with Crippen molar-refractivity contribution >= 4 is 11.9 Å². The Bertz CT molecular complexity index is 339. The molecule has 0 radical (unpaired) electrons. The number of carbonyl (C=O) groups is 2. The highest BCUT2D eigenvalue weighted by Crippen LogP contribution is 2.22. The molecule has 1 rings (SSSR count). The molecule has 0 saturated heterocycles. The fraction of sp³-hybridized carbons (Fsp3) is 0.875. The maximum atomic E-state index is 12.3. The number of hydrogen-bond acceptors (Lipinski definition) is 3. The first-order valence-corrected chi connectivity index (χ1v) is 8.18. The molecule has 5 nitrogen and oxygen atoms in total. The molecule has 0 bridgehead atoms. The topological polar surface area (TPSA) is 75.6 Å². The second-order valence-corrected chi connectivity index (χ2v) is 6.00. The summed E-state index contributed by atoms with van der Waals surface area (Å²) in [4.78, 5) is 23.6. The van der Waals surface area contributed by atoms with Gasteiger partial charge in [0, 0.05) is 0 Å². The van der Waals surface area contributed by atoms with Crippen molar-refractivity contribution in [3.05, 3.63) is 0 Å². The van der Waals surface area contributed by atoms with Crippen LogP contribution in [0.4, 0.5) is 0 Å². The zero-order chi connectivity index (χ0) is 15.8. The highest BCUT2D eigenvalue weighted by Gasteiger charge is 2.30. The van der Waals surface area contributed by atoms with Crippen molar-refractivity contribution in [2.75, 3.05) is 0 Å². The number of nitrogens with one attached hydrogen (secondary N) is 1. The van der Waals surface area contributed by atoms with Crippen molar-refractivity contribution in [2.24, 2.45) is 5.92 Å². The van der Waals surface area contributed by atoms with Gasteiger partial charge in [-0.3, -0.25) is 4.79 Å². The highest BCUT2D eigenvalue weighted by molar-refractivity contribution is 5.86. The maximum Gasteiger partial charge on any atom is 0.326 e. The summed E-state index contributed by atoms with van der Waals surface area (Å²) in [6.45, 7) is 5.65. The van der Waals surface area contributed by atoms with E-state index in [9.17, 15) is 14.7 Å². The minimum atomic E-state index is -0.981. The van der Waals surface area contributed by atoms with E-state index >= 15 is 0 Å². The molecular formula is C16H29NO4. The van der Waals surface area contributed by atoms with Crippen LogP contribution in [0.25, 0.3) is 0 Å². The number of amides is 1. The van der Waals surface area contributed by atoms with E-state index in [4.69, 9.17) is 4.74 Å². The van der Waals surface area contributed by atoms with Gasteiger partial charge in [0.1, 0.15) is 12.1 Å². The van der Waals surface area contributed by atoms with Crippen LogP contribution in [-0.2, 0) is 14.3 Å². The van der Waals surface area contributed by atoms with Crippen LogP contribution >= 0.6 is 0 Å². The molecule has 5 heteroatoms. The van der Waals surface area contributed by atoms with Crippen molar-refractivity contribution < 1.29 is 19.4 Å². The lowest BCUT2D eigenvalue weighted by atomic mass is 9.97. The Morgan fingerprint density at radius 2 is 1.81 bits per heavy atom. The van der Waals surface area contributed by atoms with E-state index in [1.807, 2.05) is 20.8 Å². The zero-order valence-electron chi connectivity index (χ0n) is 13.4. The third kappa shape index (κ3) is 5.65. The van der Waals surface area contributed by atoms with Crippen molar-refractivity contribution in [1.29, 1.82) is 0 Å². The van der Waals surface area contributed by atoms with Crippen molar-refractivity contribution in [1.82, 2.24) is 5.32 Å². The molecule has 0 spiro atoms. The Hall–Kier alpha value is -1.10. The summed E-state index contributed by atoms with van der Waals surface area (Å²) in [5, 5.41) is 11.9. The average Bonchev–Trinajstić information content (AvgIpc) is 2.49. The molecule has 122 valence electrons. The predicted molar refractivity (Wildman–Crippen MR) is 81.1 cm³/mol. The van der Waals surface area contributed by atoms with Gasteiger partial charge in [0.15, 0.2) is 0 Å². The van der Waals surface area contributed by atoms with Gasteiger partial charge in [0.05, 0.1) is 6.10 Å². The first-order valence-electron chi connectivity index (χ1n) is 8.18. The van der Waals surface area contributed by atoms with Crippen LogP contribution in [0.1, 0.15) is 65.7 Å². The first kappa shape index (κ1) is 18.0. The van der Waals surface area contributed by atoms with Crippen LogP contribution in [0.2, 0.25) is 0 Å². The molecule has 1 fully saturated rings. The molecule has 2 N–H and O–H groups in total. The lowest BCUT2D eigenvalue weighted by Crippen LogP contribution is -2.49. The number of carbonyl (C=O) groups excluding carboxylic acids is 1. The van der Waals surface area contributed by atoms with Gasteiger partial charge in [-0.25, -0.2) is 4.79 Å². The highest BCUT2D eigenvalue weighted by atomic mass is 16.5. The Balaban J connectivity index is 2.57. The van der Waals surface area contributed by atoms with Gasteiger partial charge in [-0.15, -0.1) is 0 Å². The molecule has 0 aromatic rings. The molecule has 1 saturated carbocycles. The third-order valence-electron chi connectivity index (χ3n) is 4.35. The number of carboxylic acid groups (broad SMARTS) is 1. The Morgan fingerprint density at radius 1 is 1.19 bits per heavy atom. The summed E-state index contributed by atoms with van der Waals surface area (Å²) in [5.41, 5.74) is 0. The number of hydrogen-bond donors (Lipinski definition) is 2. The third-order valence-corrected chi connectivity index (χ3v) is 4.35. The van der Waals surface area contributed by atoms with Crippen molar-refractivity contribution in [3.8, 4) is 0 Å². The Morgan fingerprint density at radius 3 is 2.29 bits per heavy atom. The van der Waals surface area contributed by atoms with Gasteiger partial charge in [-0.05, 0) is 25.2 Å². The molecule has 3 unspecified atom stereocenters. The quantitative estimate of drug-likeness (QED) is 0.722. The van der Waals surface area contributed by atoms with E-state index < -0.39 is 18.1 Å². The number of aliphatic carboxylic acids is 1. The Kier molecular flexibility index (Phi) is 7.72. The lowest BCUT2D eigenvalue weighted by Gasteiger charge is -2.28. The van der Waals surface area contributed by atoms with E-state index in [2.05, 4.69) is 5.32 Å². The van der Waals surface area contributed by atoms with Crippen LogP contribution in [0.15, 0.2) is 0 Å².